The molecule has 17 heavy (non-hydrogen) atoms. The van der Waals surface area contributed by atoms with E-state index < -0.39 is 0 Å². The SMILES string of the molecule is CNc1cncc(-c2cccc3nccn23)n1. The first-order valence-electron chi connectivity index (χ1n) is 5.31. The van der Waals surface area contributed by atoms with E-state index in [4.69, 9.17) is 0 Å². The van der Waals surface area contributed by atoms with Crippen molar-refractivity contribution in [2.24, 2.45) is 0 Å². The monoisotopic (exact) mass is 225 g/mol. The topological polar surface area (TPSA) is 55.1 Å². The predicted octanol–water partition coefficient (Wildman–Crippen LogP) is 1.83. The molecule has 5 nitrogen and oxygen atoms in total. The number of hydrogen-bond donors (Lipinski definition) is 1. The Morgan fingerprint density at radius 3 is 3.06 bits per heavy atom. The summed E-state index contributed by atoms with van der Waals surface area (Å²) in [5.74, 6) is 0.750. The zero-order valence-electron chi connectivity index (χ0n) is 9.33. The lowest BCUT2D eigenvalue weighted by molar-refractivity contribution is 1.13. The molecule has 0 unspecified atom stereocenters. The molecule has 5 heteroatoms. The van der Waals surface area contributed by atoms with E-state index in [-0.39, 0.29) is 0 Å². The number of anilines is 1. The number of nitrogens with one attached hydrogen (secondary N) is 1. The number of nitrogens with zero attached hydrogens (tertiary/aromatic N) is 4. The number of imidazole rings is 1. The Morgan fingerprint density at radius 1 is 1.24 bits per heavy atom. The van der Waals surface area contributed by atoms with Gasteiger partial charge in [-0.05, 0) is 12.1 Å². The maximum Gasteiger partial charge on any atom is 0.145 e. The molecule has 0 aliphatic heterocycles. The summed E-state index contributed by atoms with van der Waals surface area (Å²) in [4.78, 5) is 12.9. The third-order valence-electron chi connectivity index (χ3n) is 2.58. The molecule has 3 rings (SSSR count). The van der Waals surface area contributed by atoms with Gasteiger partial charge in [0.05, 0.1) is 18.1 Å². The van der Waals surface area contributed by atoms with Crippen LogP contribution in [0, 0.1) is 0 Å². The molecule has 3 aromatic rings. The van der Waals surface area contributed by atoms with Crippen molar-refractivity contribution in [1.82, 2.24) is 19.4 Å². The van der Waals surface area contributed by atoms with Crippen LogP contribution in [0.3, 0.4) is 0 Å². The minimum absolute atomic E-state index is 0.750. The third-order valence-corrected chi connectivity index (χ3v) is 2.58. The van der Waals surface area contributed by atoms with E-state index in [1.165, 1.54) is 0 Å². The molecular weight excluding hydrogens is 214 g/mol. The second kappa shape index (κ2) is 3.86. The molecule has 84 valence electrons. The van der Waals surface area contributed by atoms with Crippen LogP contribution < -0.4 is 5.32 Å². The minimum Gasteiger partial charge on any atom is -0.372 e. The number of rotatable bonds is 2. The van der Waals surface area contributed by atoms with Crippen LogP contribution in [0.15, 0.2) is 43.0 Å². The van der Waals surface area contributed by atoms with Gasteiger partial charge in [0, 0.05) is 19.4 Å². The summed E-state index contributed by atoms with van der Waals surface area (Å²) in [5.41, 5.74) is 2.70. The molecule has 0 saturated heterocycles. The first-order chi connectivity index (χ1) is 8.38. The first kappa shape index (κ1) is 9.77. The highest BCUT2D eigenvalue weighted by Crippen LogP contribution is 2.18. The zero-order chi connectivity index (χ0) is 11.7. The highest BCUT2D eigenvalue weighted by atomic mass is 15.0. The fourth-order valence-corrected chi connectivity index (χ4v) is 1.77. The van der Waals surface area contributed by atoms with E-state index in [2.05, 4.69) is 20.3 Å². The molecule has 0 atom stereocenters. The molecule has 3 aromatic heterocycles. The van der Waals surface area contributed by atoms with Crippen LogP contribution in [0.5, 0.6) is 0 Å². The Bertz CT molecular complexity index is 659. The summed E-state index contributed by atoms with van der Waals surface area (Å²) in [5, 5.41) is 2.98. The minimum atomic E-state index is 0.750. The molecular formula is C12H11N5. The van der Waals surface area contributed by atoms with E-state index >= 15 is 0 Å². The van der Waals surface area contributed by atoms with Crippen molar-refractivity contribution >= 4 is 11.5 Å². The van der Waals surface area contributed by atoms with Crippen LogP contribution in [0.4, 0.5) is 5.82 Å². The molecule has 0 bridgehead atoms. The lowest BCUT2D eigenvalue weighted by Crippen LogP contribution is -1.98. The van der Waals surface area contributed by atoms with Crippen LogP contribution in [0.25, 0.3) is 17.0 Å². The Morgan fingerprint density at radius 2 is 2.18 bits per heavy atom. The van der Waals surface area contributed by atoms with Gasteiger partial charge in [-0.1, -0.05) is 6.07 Å². The standard InChI is InChI=1S/C12H11N5/c1-13-11-8-14-7-9(16-11)10-3-2-4-12-15-5-6-17(10)12/h2-8H,1H3,(H,13,16). The van der Waals surface area contributed by atoms with E-state index in [0.29, 0.717) is 0 Å². The number of hydrogen-bond acceptors (Lipinski definition) is 4. The highest BCUT2D eigenvalue weighted by Gasteiger charge is 2.05. The first-order valence-corrected chi connectivity index (χ1v) is 5.31. The molecule has 0 saturated carbocycles. The fraction of sp³-hybridized carbons (Fsp3) is 0.0833. The zero-order valence-corrected chi connectivity index (χ0v) is 9.33. The van der Waals surface area contributed by atoms with Gasteiger partial charge in [0.1, 0.15) is 17.2 Å². The molecule has 0 aliphatic carbocycles. The summed E-state index contributed by atoms with van der Waals surface area (Å²) < 4.78 is 1.99. The second-order valence-corrected chi connectivity index (χ2v) is 3.61. The molecule has 3 heterocycles. The largest absolute Gasteiger partial charge is 0.372 e. The van der Waals surface area contributed by atoms with Crippen molar-refractivity contribution in [1.29, 1.82) is 0 Å². The van der Waals surface area contributed by atoms with Crippen LogP contribution >= 0.6 is 0 Å². The smallest absolute Gasteiger partial charge is 0.145 e. The van der Waals surface area contributed by atoms with Gasteiger partial charge >= 0.3 is 0 Å². The van der Waals surface area contributed by atoms with Crippen molar-refractivity contribution < 1.29 is 0 Å². The van der Waals surface area contributed by atoms with Crippen LogP contribution in [0.1, 0.15) is 0 Å². The normalized spacial score (nSPS) is 10.6. The van der Waals surface area contributed by atoms with Crippen molar-refractivity contribution in [2.75, 3.05) is 12.4 Å². The van der Waals surface area contributed by atoms with E-state index in [1.807, 2.05) is 35.8 Å². The van der Waals surface area contributed by atoms with Crippen LogP contribution in [0.2, 0.25) is 0 Å². The average Bonchev–Trinajstić information content (AvgIpc) is 2.87. The van der Waals surface area contributed by atoms with Crippen LogP contribution in [-0.4, -0.2) is 26.4 Å². The summed E-state index contributed by atoms with van der Waals surface area (Å²) in [6, 6.07) is 5.92. The Labute approximate surface area is 98.2 Å². The van der Waals surface area contributed by atoms with Gasteiger partial charge in [0.15, 0.2) is 0 Å². The molecule has 0 amide bonds. The molecule has 0 aromatic carbocycles. The van der Waals surface area contributed by atoms with Gasteiger partial charge in [-0.3, -0.25) is 9.38 Å². The van der Waals surface area contributed by atoms with Gasteiger partial charge in [-0.2, -0.15) is 0 Å². The van der Waals surface area contributed by atoms with Gasteiger partial charge in [0.25, 0.3) is 0 Å². The van der Waals surface area contributed by atoms with E-state index in [1.54, 1.807) is 18.6 Å². The van der Waals surface area contributed by atoms with Gasteiger partial charge in [-0.15, -0.1) is 0 Å². The lowest BCUT2D eigenvalue weighted by atomic mass is 10.2. The number of fused-ring (bicyclic) bond motifs is 1. The molecule has 1 N–H and O–H groups in total. The third kappa shape index (κ3) is 1.61. The quantitative estimate of drug-likeness (QED) is 0.723. The maximum absolute atomic E-state index is 4.47. The number of pyridine rings is 1. The van der Waals surface area contributed by atoms with Crippen molar-refractivity contribution in [3.05, 3.63) is 43.0 Å². The summed E-state index contributed by atoms with van der Waals surface area (Å²) in [6.45, 7) is 0. The van der Waals surface area contributed by atoms with Crippen LogP contribution in [-0.2, 0) is 0 Å². The van der Waals surface area contributed by atoms with Crippen molar-refractivity contribution in [2.45, 2.75) is 0 Å². The lowest BCUT2D eigenvalue weighted by Gasteiger charge is -2.05. The Kier molecular flexibility index (Phi) is 2.22. The number of aromatic nitrogens is 4. The van der Waals surface area contributed by atoms with Gasteiger partial charge < -0.3 is 5.32 Å². The molecule has 0 spiro atoms. The fourth-order valence-electron chi connectivity index (χ4n) is 1.77. The van der Waals surface area contributed by atoms with Crippen molar-refractivity contribution in [3.8, 4) is 11.4 Å². The Balaban J connectivity index is 2.23. The summed E-state index contributed by atoms with van der Waals surface area (Å²) in [7, 11) is 1.82. The van der Waals surface area contributed by atoms with Gasteiger partial charge in [0.2, 0.25) is 0 Å². The predicted molar refractivity (Wildman–Crippen MR) is 65.8 cm³/mol. The highest BCUT2D eigenvalue weighted by molar-refractivity contribution is 5.60. The molecule has 0 aliphatic rings. The van der Waals surface area contributed by atoms with Gasteiger partial charge in [-0.25, -0.2) is 9.97 Å². The second-order valence-electron chi connectivity index (χ2n) is 3.61. The van der Waals surface area contributed by atoms with E-state index in [9.17, 15) is 0 Å². The Hall–Kier alpha value is -2.43. The molecule has 0 fully saturated rings. The average molecular weight is 225 g/mol. The maximum atomic E-state index is 4.47. The van der Waals surface area contributed by atoms with Crippen molar-refractivity contribution in [3.63, 3.8) is 0 Å². The summed E-state index contributed by atoms with van der Waals surface area (Å²) in [6.07, 6.45) is 7.12. The summed E-state index contributed by atoms with van der Waals surface area (Å²) >= 11 is 0. The van der Waals surface area contributed by atoms with E-state index in [0.717, 1.165) is 22.9 Å². The molecule has 0 radical (unpaired) electrons.